The van der Waals surface area contributed by atoms with Crippen molar-refractivity contribution in [1.29, 1.82) is 0 Å². The van der Waals surface area contributed by atoms with Gasteiger partial charge in [0.05, 0.1) is 25.9 Å². The van der Waals surface area contributed by atoms with E-state index in [9.17, 15) is 4.79 Å². The highest BCUT2D eigenvalue weighted by Crippen LogP contribution is 2.25. The largest absolute Gasteiger partial charge is 0.497 e. The summed E-state index contributed by atoms with van der Waals surface area (Å²) in [6, 6.07) is 15.3. The Morgan fingerprint density at radius 1 is 1.08 bits per heavy atom. The second-order valence-electron chi connectivity index (χ2n) is 5.49. The number of ketones is 1. The van der Waals surface area contributed by atoms with Crippen molar-refractivity contribution in [1.82, 2.24) is 0 Å². The molecular weight excluding hydrogens is 302 g/mol. The Morgan fingerprint density at radius 2 is 1.79 bits per heavy atom. The van der Waals surface area contributed by atoms with Crippen molar-refractivity contribution in [2.75, 3.05) is 19.5 Å². The molecule has 0 amide bonds. The van der Waals surface area contributed by atoms with Gasteiger partial charge in [0.15, 0.2) is 0 Å². The van der Waals surface area contributed by atoms with Gasteiger partial charge in [-0.1, -0.05) is 36.4 Å². The van der Waals surface area contributed by atoms with Crippen LogP contribution in [-0.2, 0) is 4.79 Å². The zero-order chi connectivity index (χ0) is 17.4. The van der Waals surface area contributed by atoms with Gasteiger partial charge < -0.3 is 14.8 Å². The molecule has 4 nitrogen and oxygen atoms in total. The fourth-order valence-corrected chi connectivity index (χ4v) is 2.38. The topological polar surface area (TPSA) is 47.6 Å². The summed E-state index contributed by atoms with van der Waals surface area (Å²) in [5.41, 5.74) is 1.91. The minimum absolute atomic E-state index is 0.110. The first-order chi connectivity index (χ1) is 11.6. The highest BCUT2D eigenvalue weighted by molar-refractivity contribution is 5.77. The summed E-state index contributed by atoms with van der Waals surface area (Å²) in [6.45, 7) is 1.60. The molecule has 0 aromatic heterocycles. The van der Waals surface area contributed by atoms with Crippen molar-refractivity contribution in [3.05, 3.63) is 60.2 Å². The van der Waals surface area contributed by atoms with Gasteiger partial charge in [0, 0.05) is 6.42 Å². The maximum atomic E-state index is 11.6. The van der Waals surface area contributed by atoms with Gasteiger partial charge in [-0.2, -0.15) is 0 Å². The third-order valence-corrected chi connectivity index (χ3v) is 3.59. The molecule has 126 valence electrons. The molecule has 0 unspecified atom stereocenters. The Balaban J connectivity index is 2.15. The van der Waals surface area contributed by atoms with Crippen LogP contribution in [0.15, 0.2) is 54.6 Å². The van der Waals surface area contributed by atoms with E-state index in [1.165, 1.54) is 0 Å². The predicted molar refractivity (Wildman–Crippen MR) is 97.7 cm³/mol. The molecule has 2 rings (SSSR count). The van der Waals surface area contributed by atoms with Gasteiger partial charge in [0.25, 0.3) is 0 Å². The number of carbonyl (C=O) groups excluding carboxylic acids is 1. The van der Waals surface area contributed by atoms with Gasteiger partial charge in [-0.3, -0.25) is 4.79 Å². The van der Waals surface area contributed by atoms with E-state index >= 15 is 0 Å². The molecule has 1 N–H and O–H groups in total. The van der Waals surface area contributed by atoms with Crippen LogP contribution in [0, 0.1) is 0 Å². The number of rotatable bonds is 8. The average Bonchev–Trinajstić information content (AvgIpc) is 2.60. The van der Waals surface area contributed by atoms with Crippen LogP contribution >= 0.6 is 0 Å². The SMILES string of the molecule is COc1ccc(/C=C/[C@@H](CC(C)=O)Nc2ccccc2OC)cc1. The number of carbonyl (C=O) groups is 1. The number of methoxy groups -OCH3 is 2. The van der Waals surface area contributed by atoms with Crippen LogP contribution in [0.2, 0.25) is 0 Å². The van der Waals surface area contributed by atoms with Crippen LogP contribution < -0.4 is 14.8 Å². The van der Waals surface area contributed by atoms with E-state index in [-0.39, 0.29) is 11.8 Å². The maximum Gasteiger partial charge on any atom is 0.141 e. The number of hydrogen-bond acceptors (Lipinski definition) is 4. The summed E-state index contributed by atoms with van der Waals surface area (Å²) in [5.74, 6) is 1.70. The standard InChI is InChI=1S/C20H23NO3/c1-15(22)14-17(21-19-6-4-5-7-20(19)24-3)11-8-16-9-12-18(23-2)13-10-16/h4-13,17,21H,14H2,1-3H3/b11-8+/t17-/m0/s1. The Bertz CT molecular complexity index is 692. The number of hydrogen-bond donors (Lipinski definition) is 1. The second kappa shape index (κ2) is 8.77. The summed E-state index contributed by atoms with van der Waals surface area (Å²) < 4.78 is 10.5. The molecule has 0 fully saturated rings. The summed E-state index contributed by atoms with van der Waals surface area (Å²) in [7, 11) is 3.28. The van der Waals surface area contributed by atoms with E-state index in [2.05, 4.69) is 5.32 Å². The lowest BCUT2D eigenvalue weighted by molar-refractivity contribution is -0.117. The van der Waals surface area contributed by atoms with Crippen molar-refractivity contribution in [2.45, 2.75) is 19.4 Å². The molecule has 0 heterocycles. The van der Waals surface area contributed by atoms with Crippen LogP contribution in [0.5, 0.6) is 11.5 Å². The lowest BCUT2D eigenvalue weighted by Crippen LogP contribution is -2.20. The Labute approximate surface area is 143 Å². The first kappa shape index (κ1) is 17.6. The van der Waals surface area contributed by atoms with E-state index in [0.717, 1.165) is 22.7 Å². The third kappa shape index (κ3) is 5.16. The van der Waals surface area contributed by atoms with E-state index < -0.39 is 0 Å². The fraction of sp³-hybridized carbons (Fsp3) is 0.250. The van der Waals surface area contributed by atoms with Crippen molar-refractivity contribution < 1.29 is 14.3 Å². The molecule has 4 heteroatoms. The van der Waals surface area contributed by atoms with Gasteiger partial charge in [-0.25, -0.2) is 0 Å². The molecular formula is C20H23NO3. The van der Waals surface area contributed by atoms with Crippen molar-refractivity contribution in [2.24, 2.45) is 0 Å². The van der Waals surface area contributed by atoms with E-state index in [1.54, 1.807) is 21.1 Å². The van der Waals surface area contributed by atoms with Gasteiger partial charge in [-0.05, 0) is 36.8 Å². The molecule has 2 aromatic carbocycles. The molecule has 0 saturated heterocycles. The van der Waals surface area contributed by atoms with Gasteiger partial charge in [0.1, 0.15) is 17.3 Å². The Kier molecular flexibility index (Phi) is 6.43. The zero-order valence-electron chi connectivity index (χ0n) is 14.3. The molecule has 1 atom stereocenters. The van der Waals surface area contributed by atoms with Crippen LogP contribution in [0.3, 0.4) is 0 Å². The molecule has 0 radical (unpaired) electrons. The number of para-hydroxylation sites is 2. The van der Waals surface area contributed by atoms with Gasteiger partial charge in [-0.15, -0.1) is 0 Å². The lowest BCUT2D eigenvalue weighted by Gasteiger charge is -2.17. The van der Waals surface area contributed by atoms with Gasteiger partial charge >= 0.3 is 0 Å². The molecule has 0 bridgehead atoms. The highest BCUT2D eigenvalue weighted by Gasteiger charge is 2.10. The van der Waals surface area contributed by atoms with Gasteiger partial charge in [0.2, 0.25) is 0 Å². The predicted octanol–water partition coefficient (Wildman–Crippen LogP) is 4.18. The number of Topliss-reactive ketones (excluding diaryl/α,β-unsaturated/α-hetero) is 1. The molecule has 2 aromatic rings. The molecule has 0 aliphatic carbocycles. The van der Waals surface area contributed by atoms with E-state index in [1.807, 2.05) is 60.7 Å². The first-order valence-electron chi connectivity index (χ1n) is 7.83. The second-order valence-corrected chi connectivity index (χ2v) is 5.49. The first-order valence-corrected chi connectivity index (χ1v) is 7.83. The average molecular weight is 325 g/mol. The molecule has 0 spiro atoms. The Morgan fingerprint density at radius 3 is 2.42 bits per heavy atom. The maximum absolute atomic E-state index is 11.6. The zero-order valence-corrected chi connectivity index (χ0v) is 14.3. The molecule has 24 heavy (non-hydrogen) atoms. The van der Waals surface area contributed by atoms with Crippen molar-refractivity contribution in [3.8, 4) is 11.5 Å². The minimum atomic E-state index is -0.110. The summed E-state index contributed by atoms with van der Waals surface area (Å²) >= 11 is 0. The summed E-state index contributed by atoms with van der Waals surface area (Å²) in [5, 5.41) is 3.37. The fourth-order valence-electron chi connectivity index (χ4n) is 2.38. The number of benzene rings is 2. The van der Waals surface area contributed by atoms with E-state index in [0.29, 0.717) is 6.42 Å². The quantitative estimate of drug-likeness (QED) is 0.791. The minimum Gasteiger partial charge on any atom is -0.497 e. The molecule has 0 aliphatic heterocycles. The third-order valence-electron chi connectivity index (χ3n) is 3.59. The van der Waals surface area contributed by atoms with Crippen molar-refractivity contribution >= 4 is 17.5 Å². The summed E-state index contributed by atoms with van der Waals surface area (Å²) in [6.07, 6.45) is 4.40. The summed E-state index contributed by atoms with van der Waals surface area (Å²) in [4.78, 5) is 11.6. The Hall–Kier alpha value is -2.75. The van der Waals surface area contributed by atoms with Crippen LogP contribution in [0.25, 0.3) is 6.08 Å². The van der Waals surface area contributed by atoms with Crippen LogP contribution in [-0.4, -0.2) is 26.0 Å². The number of anilines is 1. The molecule has 0 saturated carbocycles. The van der Waals surface area contributed by atoms with E-state index in [4.69, 9.17) is 9.47 Å². The number of nitrogens with one attached hydrogen (secondary N) is 1. The smallest absolute Gasteiger partial charge is 0.141 e. The van der Waals surface area contributed by atoms with Crippen molar-refractivity contribution in [3.63, 3.8) is 0 Å². The van der Waals surface area contributed by atoms with Crippen LogP contribution in [0.1, 0.15) is 18.9 Å². The number of ether oxygens (including phenoxy) is 2. The van der Waals surface area contributed by atoms with Crippen LogP contribution in [0.4, 0.5) is 5.69 Å². The lowest BCUT2D eigenvalue weighted by atomic mass is 10.1. The monoisotopic (exact) mass is 325 g/mol. The normalized spacial score (nSPS) is 12.0. The highest BCUT2D eigenvalue weighted by atomic mass is 16.5. The molecule has 0 aliphatic rings.